The summed E-state index contributed by atoms with van der Waals surface area (Å²) in [6.45, 7) is 1.16. The second-order valence-electron chi connectivity index (χ2n) is 6.31. The van der Waals surface area contributed by atoms with Crippen molar-refractivity contribution in [2.75, 3.05) is 19.4 Å². The summed E-state index contributed by atoms with van der Waals surface area (Å²) >= 11 is 0. The molecule has 0 aromatic carbocycles. The zero-order valence-electron chi connectivity index (χ0n) is 13.9. The molecular formula is C17H20N6O2. The van der Waals surface area contributed by atoms with Crippen molar-refractivity contribution in [3.8, 4) is 0 Å². The van der Waals surface area contributed by atoms with Crippen LogP contribution in [0.3, 0.4) is 0 Å². The van der Waals surface area contributed by atoms with Crippen LogP contribution in [0.25, 0.3) is 5.52 Å². The van der Waals surface area contributed by atoms with E-state index in [-0.39, 0.29) is 18.1 Å². The largest absolute Gasteiger partial charge is 0.382 e. The van der Waals surface area contributed by atoms with E-state index in [0.29, 0.717) is 24.5 Å². The van der Waals surface area contributed by atoms with Crippen LogP contribution < -0.4 is 5.73 Å². The highest BCUT2D eigenvalue weighted by Crippen LogP contribution is 2.24. The van der Waals surface area contributed by atoms with Crippen LogP contribution in [0, 0.1) is 0 Å². The molecule has 130 valence electrons. The number of pyridine rings is 1. The molecule has 1 aliphatic heterocycles. The first kappa shape index (κ1) is 15.6. The average molecular weight is 340 g/mol. The van der Waals surface area contributed by atoms with Crippen LogP contribution in [0.2, 0.25) is 0 Å². The van der Waals surface area contributed by atoms with Gasteiger partial charge in [0, 0.05) is 26.0 Å². The number of anilines is 1. The maximum Gasteiger partial charge on any atom is 0.255 e. The second-order valence-corrected chi connectivity index (χ2v) is 6.31. The Bertz CT molecular complexity index is 901. The summed E-state index contributed by atoms with van der Waals surface area (Å²) in [5.74, 6) is 0.463. The number of methoxy groups -OCH3 is 1. The number of hydrogen-bond acceptors (Lipinski definition) is 5. The van der Waals surface area contributed by atoms with Crippen LogP contribution in [0.4, 0.5) is 5.82 Å². The fourth-order valence-corrected chi connectivity index (χ4v) is 3.37. The number of ether oxygens (including phenoxy) is 1. The Balaban J connectivity index is 1.59. The van der Waals surface area contributed by atoms with Gasteiger partial charge in [0.2, 0.25) is 0 Å². The summed E-state index contributed by atoms with van der Waals surface area (Å²) in [4.78, 5) is 19.0. The number of nitrogen functional groups attached to an aromatic ring is 1. The van der Waals surface area contributed by atoms with Crippen molar-refractivity contribution < 1.29 is 9.53 Å². The topological polar surface area (TPSA) is 90.7 Å². The number of imidazole rings is 1. The van der Waals surface area contributed by atoms with E-state index in [1.165, 1.54) is 0 Å². The van der Waals surface area contributed by atoms with Crippen molar-refractivity contribution in [1.29, 1.82) is 0 Å². The zero-order chi connectivity index (χ0) is 17.4. The highest BCUT2D eigenvalue weighted by Gasteiger charge is 2.36. The molecule has 2 N–H and O–H groups in total. The van der Waals surface area contributed by atoms with Gasteiger partial charge in [-0.05, 0) is 24.6 Å². The maximum absolute atomic E-state index is 13.1. The Kier molecular flexibility index (Phi) is 3.89. The first-order chi connectivity index (χ1) is 12.1. The Labute approximate surface area is 144 Å². The normalized spacial score (nSPS) is 20.4. The van der Waals surface area contributed by atoms with Crippen LogP contribution in [0.5, 0.6) is 0 Å². The monoisotopic (exact) mass is 340 g/mol. The molecule has 8 nitrogen and oxygen atoms in total. The van der Waals surface area contributed by atoms with E-state index in [4.69, 9.17) is 10.5 Å². The molecule has 8 heteroatoms. The molecule has 1 saturated heterocycles. The van der Waals surface area contributed by atoms with Crippen molar-refractivity contribution in [3.05, 3.63) is 48.7 Å². The lowest BCUT2D eigenvalue weighted by Gasteiger charge is -2.24. The molecule has 0 radical (unpaired) electrons. The van der Waals surface area contributed by atoms with Crippen molar-refractivity contribution >= 4 is 17.2 Å². The van der Waals surface area contributed by atoms with Crippen molar-refractivity contribution in [1.82, 2.24) is 24.1 Å². The van der Waals surface area contributed by atoms with E-state index in [9.17, 15) is 4.79 Å². The van der Waals surface area contributed by atoms with E-state index < -0.39 is 0 Å². The lowest BCUT2D eigenvalue weighted by Crippen LogP contribution is -2.38. The van der Waals surface area contributed by atoms with E-state index >= 15 is 0 Å². The van der Waals surface area contributed by atoms with Gasteiger partial charge >= 0.3 is 0 Å². The van der Waals surface area contributed by atoms with Gasteiger partial charge in [0.15, 0.2) is 0 Å². The molecule has 25 heavy (non-hydrogen) atoms. The van der Waals surface area contributed by atoms with Gasteiger partial charge in [-0.2, -0.15) is 5.10 Å². The summed E-state index contributed by atoms with van der Waals surface area (Å²) in [5, 5.41) is 4.23. The van der Waals surface area contributed by atoms with Gasteiger partial charge in [-0.15, -0.1) is 0 Å². The minimum absolute atomic E-state index is 0.00948. The molecule has 0 aliphatic carbocycles. The van der Waals surface area contributed by atoms with Crippen LogP contribution in [-0.2, 0) is 11.3 Å². The number of likely N-dealkylation sites (tertiary alicyclic amines) is 1. The van der Waals surface area contributed by atoms with Gasteiger partial charge in [0.05, 0.1) is 42.3 Å². The first-order valence-corrected chi connectivity index (χ1v) is 8.18. The Morgan fingerprint density at radius 2 is 2.28 bits per heavy atom. The standard InChI is InChI=1S/C17H20N6O2/c1-25-15-6-14(9-22-5-4-16(18)20-22)23(10-15)17(24)12-2-3-13-7-19-11-21(13)8-12/h2-5,7-8,11,14-15H,6,9-10H2,1H3,(H2,18,20)/t14-,15+/m0/s1. The number of carbonyl (C=O) groups is 1. The molecule has 4 rings (SSSR count). The molecule has 4 heterocycles. The minimum atomic E-state index is -0.0136. The molecule has 0 bridgehead atoms. The van der Waals surface area contributed by atoms with E-state index in [1.807, 2.05) is 33.8 Å². The highest BCUT2D eigenvalue weighted by atomic mass is 16.5. The molecule has 1 aliphatic rings. The number of nitrogens with two attached hydrogens (primary N) is 1. The number of carbonyl (C=O) groups excluding carboxylic acids is 1. The molecule has 1 fully saturated rings. The average Bonchev–Trinajstić information content (AvgIpc) is 3.33. The van der Waals surface area contributed by atoms with Crippen LogP contribution in [-0.4, -0.2) is 55.8 Å². The van der Waals surface area contributed by atoms with Crippen LogP contribution in [0.1, 0.15) is 16.8 Å². The smallest absolute Gasteiger partial charge is 0.255 e. The van der Waals surface area contributed by atoms with Crippen LogP contribution in [0.15, 0.2) is 43.1 Å². The highest BCUT2D eigenvalue weighted by molar-refractivity contribution is 5.94. The summed E-state index contributed by atoms with van der Waals surface area (Å²) < 4.78 is 9.12. The van der Waals surface area contributed by atoms with E-state index in [2.05, 4.69) is 10.1 Å². The maximum atomic E-state index is 13.1. The predicted octanol–water partition coefficient (Wildman–Crippen LogP) is 1.04. The molecule has 0 saturated carbocycles. The van der Waals surface area contributed by atoms with E-state index in [0.717, 1.165) is 11.9 Å². The Hall–Kier alpha value is -2.87. The van der Waals surface area contributed by atoms with Gasteiger partial charge < -0.3 is 19.8 Å². The first-order valence-electron chi connectivity index (χ1n) is 8.18. The summed E-state index contributed by atoms with van der Waals surface area (Å²) in [6, 6.07) is 5.49. The fraction of sp³-hybridized carbons (Fsp3) is 0.353. The summed E-state index contributed by atoms with van der Waals surface area (Å²) in [6.07, 6.45) is 7.89. The molecule has 2 atom stereocenters. The van der Waals surface area contributed by atoms with Gasteiger partial charge in [-0.1, -0.05) is 0 Å². The van der Waals surface area contributed by atoms with Gasteiger partial charge in [-0.25, -0.2) is 4.98 Å². The third kappa shape index (κ3) is 2.96. The number of hydrogen-bond donors (Lipinski definition) is 1. The third-order valence-electron chi connectivity index (χ3n) is 4.68. The molecule has 0 unspecified atom stereocenters. The predicted molar refractivity (Wildman–Crippen MR) is 92.1 cm³/mol. The van der Waals surface area contributed by atoms with E-state index in [1.54, 1.807) is 30.4 Å². The Morgan fingerprint density at radius 3 is 3.04 bits per heavy atom. The molecule has 1 amide bonds. The van der Waals surface area contributed by atoms with Gasteiger partial charge in [-0.3, -0.25) is 9.48 Å². The third-order valence-corrected chi connectivity index (χ3v) is 4.68. The van der Waals surface area contributed by atoms with Crippen molar-refractivity contribution in [3.63, 3.8) is 0 Å². The number of fused-ring (bicyclic) bond motifs is 1. The number of rotatable bonds is 4. The van der Waals surface area contributed by atoms with Gasteiger partial charge in [0.25, 0.3) is 5.91 Å². The summed E-state index contributed by atoms with van der Waals surface area (Å²) in [7, 11) is 1.68. The van der Waals surface area contributed by atoms with Gasteiger partial charge in [0.1, 0.15) is 5.82 Å². The molecule has 3 aromatic rings. The fourth-order valence-electron chi connectivity index (χ4n) is 3.37. The molecule has 3 aromatic heterocycles. The quantitative estimate of drug-likeness (QED) is 0.766. The number of aromatic nitrogens is 4. The van der Waals surface area contributed by atoms with Crippen molar-refractivity contribution in [2.24, 2.45) is 0 Å². The number of amides is 1. The Morgan fingerprint density at radius 1 is 1.40 bits per heavy atom. The second kappa shape index (κ2) is 6.21. The molecular weight excluding hydrogens is 320 g/mol. The zero-order valence-corrected chi connectivity index (χ0v) is 13.9. The lowest BCUT2D eigenvalue weighted by molar-refractivity contribution is 0.0678. The van der Waals surface area contributed by atoms with Crippen LogP contribution >= 0.6 is 0 Å². The minimum Gasteiger partial charge on any atom is -0.382 e. The van der Waals surface area contributed by atoms with Crippen molar-refractivity contribution in [2.45, 2.75) is 25.1 Å². The lowest BCUT2D eigenvalue weighted by atomic mass is 10.2. The summed E-state index contributed by atoms with van der Waals surface area (Å²) in [5.41, 5.74) is 7.28. The number of nitrogens with zero attached hydrogens (tertiary/aromatic N) is 5. The molecule has 0 spiro atoms. The SMILES string of the molecule is CO[C@@H]1C[C@@H](Cn2ccc(N)n2)N(C(=O)c2ccc3cncn3c2)C1.